The molecule has 0 unspecified atom stereocenters. The molecule has 0 radical (unpaired) electrons. The first-order chi connectivity index (χ1) is 11.2. The number of nitrogens with two attached hydrogens (primary N) is 1. The van der Waals surface area contributed by atoms with E-state index < -0.39 is 0 Å². The number of hydrogen-bond donors (Lipinski definition) is 1. The number of rotatable bonds is 4. The Morgan fingerprint density at radius 1 is 1.22 bits per heavy atom. The SMILES string of the molecule is NC(=NN=Cc1cc(F)c2ccsc2c1)SCc1ccccc1. The molecule has 0 aliphatic carbocycles. The molecule has 6 heteroatoms. The summed E-state index contributed by atoms with van der Waals surface area (Å²) in [6, 6.07) is 15.1. The van der Waals surface area contributed by atoms with Gasteiger partial charge in [-0.15, -0.1) is 16.4 Å². The predicted molar refractivity (Wildman–Crippen MR) is 98.7 cm³/mol. The number of benzene rings is 2. The summed E-state index contributed by atoms with van der Waals surface area (Å²) < 4.78 is 14.7. The minimum Gasteiger partial charge on any atom is -0.377 e. The second-order valence-electron chi connectivity index (χ2n) is 4.79. The largest absolute Gasteiger partial charge is 0.377 e. The molecule has 0 saturated carbocycles. The van der Waals surface area contributed by atoms with Crippen LogP contribution in [0.2, 0.25) is 0 Å². The van der Waals surface area contributed by atoms with Gasteiger partial charge in [0.2, 0.25) is 0 Å². The molecule has 3 rings (SSSR count). The van der Waals surface area contributed by atoms with Gasteiger partial charge in [0.05, 0.1) is 6.21 Å². The van der Waals surface area contributed by atoms with Gasteiger partial charge in [-0.05, 0) is 34.7 Å². The lowest BCUT2D eigenvalue weighted by molar-refractivity contribution is 0.640. The first-order valence-corrected chi connectivity index (χ1v) is 8.79. The summed E-state index contributed by atoms with van der Waals surface area (Å²) in [6.45, 7) is 0. The number of thioether (sulfide) groups is 1. The quantitative estimate of drug-likeness (QED) is 0.427. The highest BCUT2D eigenvalue weighted by Gasteiger charge is 2.03. The number of nitrogens with zero attached hydrogens (tertiary/aromatic N) is 2. The summed E-state index contributed by atoms with van der Waals surface area (Å²) in [4.78, 5) is 0. The molecule has 0 saturated heterocycles. The fourth-order valence-corrected chi connectivity index (χ4v) is 3.49. The maximum absolute atomic E-state index is 13.9. The topological polar surface area (TPSA) is 50.7 Å². The van der Waals surface area contributed by atoms with Crippen molar-refractivity contribution in [3.05, 3.63) is 70.9 Å². The smallest absolute Gasteiger partial charge is 0.180 e. The number of fused-ring (bicyclic) bond motifs is 1. The van der Waals surface area contributed by atoms with Gasteiger partial charge in [-0.1, -0.05) is 42.1 Å². The molecule has 0 aliphatic heterocycles. The molecule has 2 aromatic carbocycles. The van der Waals surface area contributed by atoms with Crippen LogP contribution in [0, 0.1) is 5.82 Å². The first kappa shape index (κ1) is 15.7. The van der Waals surface area contributed by atoms with Gasteiger partial charge in [0.1, 0.15) is 5.82 Å². The van der Waals surface area contributed by atoms with E-state index in [1.165, 1.54) is 40.9 Å². The molecule has 0 spiro atoms. The molecule has 1 aromatic heterocycles. The van der Waals surface area contributed by atoms with Crippen LogP contribution < -0.4 is 5.73 Å². The molecular formula is C17H14FN3S2. The number of thiophene rings is 1. The van der Waals surface area contributed by atoms with E-state index in [2.05, 4.69) is 10.2 Å². The average Bonchev–Trinajstić information content (AvgIpc) is 3.03. The first-order valence-electron chi connectivity index (χ1n) is 6.92. The van der Waals surface area contributed by atoms with Crippen LogP contribution in [0.15, 0.2) is 64.1 Å². The van der Waals surface area contributed by atoms with Gasteiger partial charge in [0.25, 0.3) is 0 Å². The highest BCUT2D eigenvalue weighted by atomic mass is 32.2. The normalized spacial score (nSPS) is 12.3. The Labute approximate surface area is 141 Å². The van der Waals surface area contributed by atoms with Gasteiger partial charge in [-0.25, -0.2) is 4.39 Å². The molecule has 0 aliphatic rings. The molecule has 0 amide bonds. The van der Waals surface area contributed by atoms with Crippen LogP contribution >= 0.6 is 23.1 Å². The second kappa shape index (κ2) is 7.39. The lowest BCUT2D eigenvalue weighted by atomic mass is 10.2. The molecular weight excluding hydrogens is 329 g/mol. The van der Waals surface area contributed by atoms with Gasteiger partial charge >= 0.3 is 0 Å². The van der Waals surface area contributed by atoms with E-state index in [0.717, 1.165) is 10.5 Å². The van der Waals surface area contributed by atoms with Gasteiger partial charge in [-0.3, -0.25) is 0 Å². The average molecular weight is 343 g/mol. The molecule has 3 aromatic rings. The van der Waals surface area contributed by atoms with Crippen molar-refractivity contribution >= 4 is 44.6 Å². The van der Waals surface area contributed by atoms with Crippen molar-refractivity contribution in [3.63, 3.8) is 0 Å². The van der Waals surface area contributed by atoms with E-state index >= 15 is 0 Å². The van der Waals surface area contributed by atoms with Crippen molar-refractivity contribution in [2.24, 2.45) is 15.9 Å². The van der Waals surface area contributed by atoms with Gasteiger partial charge in [-0.2, -0.15) is 5.10 Å². The van der Waals surface area contributed by atoms with Crippen molar-refractivity contribution < 1.29 is 4.39 Å². The van der Waals surface area contributed by atoms with Gasteiger partial charge < -0.3 is 5.73 Å². The summed E-state index contributed by atoms with van der Waals surface area (Å²) >= 11 is 2.91. The Morgan fingerprint density at radius 3 is 2.87 bits per heavy atom. The Hall–Kier alpha value is -2.18. The molecule has 0 atom stereocenters. The highest BCUT2D eigenvalue weighted by molar-refractivity contribution is 8.13. The minimum absolute atomic E-state index is 0.249. The lowest BCUT2D eigenvalue weighted by Gasteiger charge is -1.99. The van der Waals surface area contributed by atoms with Crippen molar-refractivity contribution in [1.29, 1.82) is 0 Å². The molecule has 0 bridgehead atoms. The van der Waals surface area contributed by atoms with E-state index in [-0.39, 0.29) is 5.82 Å². The summed E-state index contributed by atoms with van der Waals surface area (Å²) in [7, 11) is 0. The minimum atomic E-state index is -0.249. The van der Waals surface area contributed by atoms with Crippen molar-refractivity contribution in [1.82, 2.24) is 0 Å². The van der Waals surface area contributed by atoms with Gasteiger partial charge in [0.15, 0.2) is 5.17 Å². The van der Waals surface area contributed by atoms with Crippen LogP contribution in [0.5, 0.6) is 0 Å². The zero-order valence-electron chi connectivity index (χ0n) is 12.1. The van der Waals surface area contributed by atoms with Crippen LogP contribution in [0.25, 0.3) is 10.1 Å². The summed E-state index contributed by atoms with van der Waals surface area (Å²) in [5.74, 6) is 0.488. The zero-order chi connectivity index (χ0) is 16.1. The number of amidine groups is 1. The van der Waals surface area contributed by atoms with E-state index in [9.17, 15) is 4.39 Å². The lowest BCUT2D eigenvalue weighted by Crippen LogP contribution is -2.06. The number of halogens is 1. The Bertz CT molecular complexity index is 857. The third-order valence-electron chi connectivity index (χ3n) is 3.14. The fourth-order valence-electron chi connectivity index (χ4n) is 2.03. The third-order valence-corrected chi connectivity index (χ3v) is 4.86. The summed E-state index contributed by atoms with van der Waals surface area (Å²) in [5.41, 5.74) is 7.66. The monoisotopic (exact) mass is 343 g/mol. The third kappa shape index (κ3) is 4.18. The highest BCUT2D eigenvalue weighted by Crippen LogP contribution is 2.24. The second-order valence-corrected chi connectivity index (χ2v) is 6.74. The summed E-state index contributed by atoms with van der Waals surface area (Å²) in [5, 5.41) is 10.8. The van der Waals surface area contributed by atoms with Crippen LogP contribution in [-0.4, -0.2) is 11.4 Å². The molecule has 2 N–H and O–H groups in total. The van der Waals surface area contributed by atoms with Crippen LogP contribution in [-0.2, 0) is 5.75 Å². The molecule has 23 heavy (non-hydrogen) atoms. The Balaban J connectivity index is 1.64. The van der Waals surface area contributed by atoms with E-state index in [4.69, 9.17) is 5.73 Å². The van der Waals surface area contributed by atoms with E-state index in [1.54, 1.807) is 6.07 Å². The zero-order valence-corrected chi connectivity index (χ0v) is 13.8. The van der Waals surface area contributed by atoms with E-state index in [0.29, 0.717) is 16.1 Å². The predicted octanol–water partition coefficient (Wildman–Crippen LogP) is 4.62. The summed E-state index contributed by atoms with van der Waals surface area (Å²) in [6.07, 6.45) is 1.51. The standard InChI is InChI=1S/C17H14FN3S2/c18-15-8-13(9-16-14(15)6-7-22-16)10-20-21-17(19)23-11-12-4-2-1-3-5-12/h1-10H,11H2,(H2,19,21). The van der Waals surface area contributed by atoms with Crippen LogP contribution in [0.4, 0.5) is 4.39 Å². The maximum atomic E-state index is 13.9. The Morgan fingerprint density at radius 2 is 2.04 bits per heavy atom. The van der Waals surface area contributed by atoms with Crippen molar-refractivity contribution in [2.75, 3.05) is 0 Å². The molecule has 0 fully saturated rings. The molecule has 1 heterocycles. The molecule has 116 valence electrons. The Kier molecular flexibility index (Phi) is 5.05. The van der Waals surface area contributed by atoms with Crippen molar-refractivity contribution in [3.8, 4) is 0 Å². The maximum Gasteiger partial charge on any atom is 0.180 e. The van der Waals surface area contributed by atoms with Gasteiger partial charge in [0, 0.05) is 15.8 Å². The molecule has 3 nitrogen and oxygen atoms in total. The number of hydrogen-bond acceptors (Lipinski definition) is 4. The van der Waals surface area contributed by atoms with E-state index in [1.807, 2.05) is 41.8 Å². The van der Waals surface area contributed by atoms with Crippen LogP contribution in [0.3, 0.4) is 0 Å². The van der Waals surface area contributed by atoms with Crippen molar-refractivity contribution in [2.45, 2.75) is 5.75 Å². The fraction of sp³-hybridized carbons (Fsp3) is 0.0588. The van der Waals surface area contributed by atoms with Crippen LogP contribution in [0.1, 0.15) is 11.1 Å².